The van der Waals surface area contributed by atoms with Crippen LogP contribution >= 0.6 is 11.8 Å². The lowest BCUT2D eigenvalue weighted by molar-refractivity contribution is 0.200. The number of urea groups is 1. The Morgan fingerprint density at radius 3 is 2.87 bits per heavy atom. The Labute approximate surface area is 139 Å². The molecule has 3 rings (SSSR count). The average molecular weight is 334 g/mol. The van der Waals surface area contributed by atoms with Crippen molar-refractivity contribution in [2.45, 2.75) is 18.2 Å². The van der Waals surface area contributed by atoms with E-state index < -0.39 is 0 Å². The van der Waals surface area contributed by atoms with Crippen molar-refractivity contribution in [1.82, 2.24) is 10.2 Å². The Morgan fingerprint density at radius 1 is 1.30 bits per heavy atom. The van der Waals surface area contributed by atoms with E-state index in [0.717, 1.165) is 30.0 Å². The molecule has 1 aromatic heterocycles. The summed E-state index contributed by atoms with van der Waals surface area (Å²) in [5.41, 5.74) is 0.886. The van der Waals surface area contributed by atoms with Crippen molar-refractivity contribution in [3.8, 4) is 0 Å². The largest absolute Gasteiger partial charge is 0.468 e. The first-order chi connectivity index (χ1) is 11.2. The van der Waals surface area contributed by atoms with Crippen LogP contribution in [0.2, 0.25) is 0 Å². The molecule has 122 valence electrons. The first-order valence-electron chi connectivity index (χ1n) is 7.64. The lowest BCUT2D eigenvalue weighted by atomic mass is 10.2. The molecule has 1 aromatic carbocycles. The average Bonchev–Trinajstić information content (AvgIpc) is 2.98. The molecule has 2 heterocycles. The summed E-state index contributed by atoms with van der Waals surface area (Å²) < 4.78 is 18.3. The van der Waals surface area contributed by atoms with Crippen LogP contribution in [0.3, 0.4) is 0 Å². The van der Waals surface area contributed by atoms with Crippen molar-refractivity contribution in [3.63, 3.8) is 0 Å². The van der Waals surface area contributed by atoms with E-state index >= 15 is 0 Å². The molecule has 23 heavy (non-hydrogen) atoms. The maximum Gasteiger partial charge on any atom is 0.317 e. The minimum atomic E-state index is -0.270. The van der Waals surface area contributed by atoms with Crippen LogP contribution in [0.1, 0.15) is 23.0 Å². The number of hydrogen-bond acceptors (Lipinski definition) is 3. The zero-order valence-corrected chi connectivity index (χ0v) is 13.5. The van der Waals surface area contributed by atoms with Crippen LogP contribution in [-0.2, 0) is 6.54 Å². The van der Waals surface area contributed by atoms with Crippen molar-refractivity contribution in [3.05, 3.63) is 59.8 Å². The van der Waals surface area contributed by atoms with Crippen LogP contribution in [-0.4, -0.2) is 29.8 Å². The van der Waals surface area contributed by atoms with Crippen LogP contribution in [0.5, 0.6) is 0 Å². The molecule has 0 radical (unpaired) electrons. The first kappa shape index (κ1) is 15.9. The van der Waals surface area contributed by atoms with E-state index in [1.807, 2.05) is 28.8 Å². The molecule has 1 saturated heterocycles. The van der Waals surface area contributed by atoms with Gasteiger partial charge in [-0.2, -0.15) is 0 Å². The van der Waals surface area contributed by atoms with Gasteiger partial charge in [-0.3, -0.25) is 0 Å². The topological polar surface area (TPSA) is 45.5 Å². The van der Waals surface area contributed by atoms with Gasteiger partial charge >= 0.3 is 6.03 Å². The Kier molecular flexibility index (Phi) is 5.23. The van der Waals surface area contributed by atoms with E-state index in [-0.39, 0.29) is 11.8 Å². The van der Waals surface area contributed by atoms with Crippen molar-refractivity contribution < 1.29 is 13.6 Å². The second-order valence-corrected chi connectivity index (χ2v) is 6.75. The Hall–Kier alpha value is -1.95. The number of thioether (sulfide) groups is 1. The van der Waals surface area contributed by atoms with Gasteiger partial charge in [0.1, 0.15) is 11.6 Å². The SMILES string of the molecule is O=C(NCc1ccc(F)cc1)N1CCS[C@@H](c2ccco2)CC1. The second kappa shape index (κ2) is 7.55. The van der Waals surface area contributed by atoms with E-state index in [1.54, 1.807) is 18.4 Å². The van der Waals surface area contributed by atoms with Crippen molar-refractivity contribution in [2.75, 3.05) is 18.8 Å². The first-order valence-corrected chi connectivity index (χ1v) is 8.69. The highest BCUT2D eigenvalue weighted by atomic mass is 32.2. The van der Waals surface area contributed by atoms with Gasteiger partial charge in [-0.05, 0) is 36.2 Å². The molecular formula is C17H19FN2O2S. The summed E-state index contributed by atoms with van der Waals surface area (Å²) in [6, 6.07) is 9.98. The zero-order chi connectivity index (χ0) is 16.1. The fourth-order valence-electron chi connectivity index (χ4n) is 2.57. The minimum absolute atomic E-state index is 0.0741. The summed E-state index contributed by atoms with van der Waals surface area (Å²) in [6.07, 6.45) is 2.57. The van der Waals surface area contributed by atoms with Gasteiger partial charge in [-0.15, -0.1) is 11.8 Å². The molecule has 0 saturated carbocycles. The Bertz CT molecular complexity index is 631. The van der Waals surface area contributed by atoms with Crippen LogP contribution in [0.4, 0.5) is 9.18 Å². The fourth-order valence-corrected chi connectivity index (χ4v) is 3.75. The highest BCUT2D eigenvalue weighted by Crippen LogP contribution is 2.34. The molecule has 6 heteroatoms. The lowest BCUT2D eigenvalue weighted by Crippen LogP contribution is -2.40. The summed E-state index contributed by atoms with van der Waals surface area (Å²) in [7, 11) is 0. The molecule has 0 unspecified atom stereocenters. The summed E-state index contributed by atoms with van der Waals surface area (Å²) in [4.78, 5) is 14.1. The minimum Gasteiger partial charge on any atom is -0.468 e. The van der Waals surface area contributed by atoms with Gasteiger partial charge in [0, 0.05) is 25.4 Å². The van der Waals surface area contributed by atoms with Gasteiger partial charge in [0.15, 0.2) is 0 Å². The predicted octanol–water partition coefficient (Wildman–Crippen LogP) is 3.81. The maximum absolute atomic E-state index is 12.9. The molecule has 0 aliphatic carbocycles. The number of halogens is 1. The zero-order valence-electron chi connectivity index (χ0n) is 12.7. The van der Waals surface area contributed by atoms with Crippen molar-refractivity contribution in [2.24, 2.45) is 0 Å². The van der Waals surface area contributed by atoms with Crippen LogP contribution in [0, 0.1) is 5.82 Å². The van der Waals surface area contributed by atoms with Gasteiger partial charge in [-0.1, -0.05) is 12.1 Å². The molecule has 1 aliphatic rings. The lowest BCUT2D eigenvalue weighted by Gasteiger charge is -2.20. The molecule has 1 aliphatic heterocycles. The number of nitrogens with zero attached hydrogens (tertiary/aromatic N) is 1. The number of carbonyl (C=O) groups excluding carboxylic acids is 1. The molecule has 1 N–H and O–H groups in total. The van der Waals surface area contributed by atoms with Gasteiger partial charge < -0.3 is 14.6 Å². The van der Waals surface area contributed by atoms with Crippen LogP contribution in [0.25, 0.3) is 0 Å². The number of nitrogens with one attached hydrogen (secondary N) is 1. The van der Waals surface area contributed by atoms with E-state index in [2.05, 4.69) is 5.32 Å². The number of hydrogen-bond donors (Lipinski definition) is 1. The highest BCUT2D eigenvalue weighted by Gasteiger charge is 2.23. The molecule has 0 bridgehead atoms. The summed E-state index contributed by atoms with van der Waals surface area (Å²) >= 11 is 1.82. The van der Waals surface area contributed by atoms with Crippen molar-refractivity contribution in [1.29, 1.82) is 0 Å². The number of benzene rings is 1. The third-order valence-electron chi connectivity index (χ3n) is 3.85. The van der Waals surface area contributed by atoms with E-state index in [1.165, 1.54) is 12.1 Å². The fraction of sp³-hybridized carbons (Fsp3) is 0.353. The van der Waals surface area contributed by atoms with Gasteiger partial charge in [0.2, 0.25) is 0 Å². The van der Waals surface area contributed by atoms with Gasteiger partial charge in [0.05, 0.1) is 11.5 Å². The molecule has 0 spiro atoms. The van der Waals surface area contributed by atoms with Crippen molar-refractivity contribution >= 4 is 17.8 Å². The van der Waals surface area contributed by atoms with E-state index in [4.69, 9.17) is 4.42 Å². The Morgan fingerprint density at radius 2 is 2.13 bits per heavy atom. The second-order valence-electron chi connectivity index (χ2n) is 5.44. The molecule has 1 atom stereocenters. The predicted molar refractivity (Wildman–Crippen MR) is 88.7 cm³/mol. The van der Waals surface area contributed by atoms with Gasteiger partial charge in [0.25, 0.3) is 0 Å². The monoisotopic (exact) mass is 334 g/mol. The van der Waals surface area contributed by atoms with Crippen LogP contribution in [0.15, 0.2) is 47.1 Å². The molecule has 1 fully saturated rings. The molecule has 4 nitrogen and oxygen atoms in total. The quantitative estimate of drug-likeness (QED) is 0.928. The van der Waals surface area contributed by atoms with Crippen LogP contribution < -0.4 is 5.32 Å². The summed E-state index contributed by atoms with van der Waals surface area (Å²) in [5, 5.41) is 3.20. The standard InChI is InChI=1S/C17H19FN2O2S/c18-14-5-3-13(4-6-14)12-19-17(21)20-8-7-16(23-11-9-20)15-2-1-10-22-15/h1-6,10,16H,7-9,11-12H2,(H,19,21)/t16-/m1/s1. The third kappa shape index (κ3) is 4.28. The number of carbonyl (C=O) groups is 1. The summed E-state index contributed by atoms with van der Waals surface area (Å²) in [5.74, 6) is 1.59. The van der Waals surface area contributed by atoms with E-state index in [9.17, 15) is 9.18 Å². The normalized spacial score (nSPS) is 18.5. The highest BCUT2D eigenvalue weighted by molar-refractivity contribution is 7.99. The molecule has 2 aromatic rings. The van der Waals surface area contributed by atoms with E-state index in [0.29, 0.717) is 18.3 Å². The number of amides is 2. The molecular weight excluding hydrogens is 315 g/mol. The van der Waals surface area contributed by atoms with Gasteiger partial charge in [-0.25, -0.2) is 9.18 Å². The molecule has 2 amide bonds. The third-order valence-corrected chi connectivity index (χ3v) is 5.13. The summed E-state index contributed by atoms with van der Waals surface area (Å²) in [6.45, 7) is 1.83. The maximum atomic E-state index is 12.9. The number of furan rings is 1. The Balaban J connectivity index is 1.50. The smallest absolute Gasteiger partial charge is 0.317 e. The number of rotatable bonds is 3.